The number of nitrogens with zero attached hydrogens (tertiary/aromatic N) is 1. The van der Waals surface area contributed by atoms with Crippen molar-refractivity contribution in [3.05, 3.63) is 22.4 Å². The van der Waals surface area contributed by atoms with Gasteiger partial charge in [0.2, 0.25) is 5.91 Å². The fourth-order valence-electron chi connectivity index (χ4n) is 2.13. The van der Waals surface area contributed by atoms with Gasteiger partial charge in [0.05, 0.1) is 6.54 Å². The number of hydrogen-bond donors (Lipinski definition) is 1. The molecule has 0 bridgehead atoms. The van der Waals surface area contributed by atoms with Crippen molar-refractivity contribution in [3.63, 3.8) is 0 Å². The van der Waals surface area contributed by atoms with Crippen molar-refractivity contribution in [2.75, 3.05) is 20.3 Å². The van der Waals surface area contributed by atoms with Crippen LogP contribution in [0.3, 0.4) is 0 Å². The van der Waals surface area contributed by atoms with Gasteiger partial charge in [0.25, 0.3) is 0 Å². The molecule has 2 unspecified atom stereocenters. The first kappa shape index (κ1) is 12.5. The lowest BCUT2D eigenvalue weighted by atomic mass is 10.2. The highest BCUT2D eigenvalue weighted by Crippen LogP contribution is 2.28. The number of carbonyl (C=O) groups excluding carboxylic acids is 1. The minimum atomic E-state index is 0.0364. The van der Waals surface area contributed by atoms with Crippen LogP contribution in [0.25, 0.3) is 0 Å². The Balaban J connectivity index is 2.09. The first-order valence-electron chi connectivity index (χ1n) is 5.81. The number of nitrogens with one attached hydrogen (secondary N) is 1. The van der Waals surface area contributed by atoms with E-state index in [9.17, 15) is 4.79 Å². The van der Waals surface area contributed by atoms with E-state index >= 15 is 0 Å². The van der Waals surface area contributed by atoms with Crippen LogP contribution in [0.5, 0.6) is 0 Å². The van der Waals surface area contributed by atoms with Crippen LogP contribution in [-0.4, -0.2) is 37.1 Å². The number of carbonyl (C=O) groups is 1. The van der Waals surface area contributed by atoms with Crippen LogP contribution in [0.1, 0.15) is 24.4 Å². The monoisotopic (exact) mass is 254 g/mol. The number of methoxy groups -OCH3 is 1. The Kier molecular flexibility index (Phi) is 4.15. The summed E-state index contributed by atoms with van der Waals surface area (Å²) in [5.74, 6) is 0.173. The zero-order valence-electron chi connectivity index (χ0n) is 10.2. The standard InChI is InChI=1S/C12H18N2O2S/c1-9(5-6-16-2)14-11(15)8-13-12(14)10-4-3-7-17-10/h3-4,7,9,12-13H,5-6,8H2,1-2H3. The summed E-state index contributed by atoms with van der Waals surface area (Å²) in [4.78, 5) is 15.0. The minimum Gasteiger partial charge on any atom is -0.385 e. The Hall–Kier alpha value is -0.910. The molecule has 0 spiro atoms. The number of ether oxygens (including phenoxy) is 1. The summed E-state index contributed by atoms with van der Waals surface area (Å²) in [7, 11) is 1.69. The Morgan fingerprint density at radius 1 is 1.71 bits per heavy atom. The summed E-state index contributed by atoms with van der Waals surface area (Å²) in [5, 5.41) is 5.30. The lowest BCUT2D eigenvalue weighted by molar-refractivity contribution is -0.130. The molecule has 1 amide bonds. The molecule has 0 aromatic carbocycles. The van der Waals surface area contributed by atoms with Gasteiger partial charge in [-0.15, -0.1) is 11.3 Å². The topological polar surface area (TPSA) is 41.6 Å². The molecule has 5 heteroatoms. The Morgan fingerprint density at radius 2 is 2.53 bits per heavy atom. The van der Waals surface area contributed by atoms with Gasteiger partial charge in [-0.05, 0) is 24.8 Å². The summed E-state index contributed by atoms with van der Waals surface area (Å²) >= 11 is 1.68. The van der Waals surface area contributed by atoms with E-state index in [4.69, 9.17) is 4.74 Å². The smallest absolute Gasteiger partial charge is 0.238 e. The first-order valence-corrected chi connectivity index (χ1v) is 6.69. The van der Waals surface area contributed by atoms with Gasteiger partial charge < -0.3 is 9.64 Å². The van der Waals surface area contributed by atoms with Crippen LogP contribution in [0, 0.1) is 0 Å². The molecule has 1 aliphatic rings. The molecule has 1 N–H and O–H groups in total. The van der Waals surface area contributed by atoms with Crippen LogP contribution in [0.4, 0.5) is 0 Å². The zero-order valence-corrected chi connectivity index (χ0v) is 11.0. The van der Waals surface area contributed by atoms with Crippen LogP contribution in [0.2, 0.25) is 0 Å². The van der Waals surface area contributed by atoms with Crippen LogP contribution >= 0.6 is 11.3 Å². The summed E-state index contributed by atoms with van der Waals surface area (Å²) in [6.07, 6.45) is 0.903. The molecular weight excluding hydrogens is 236 g/mol. The highest BCUT2D eigenvalue weighted by molar-refractivity contribution is 7.10. The van der Waals surface area contributed by atoms with Gasteiger partial charge in [-0.1, -0.05) is 6.07 Å². The third-order valence-corrected chi connectivity index (χ3v) is 3.96. The fraction of sp³-hybridized carbons (Fsp3) is 0.583. The molecule has 0 saturated carbocycles. The summed E-state index contributed by atoms with van der Waals surface area (Å²) in [6.45, 7) is 3.19. The lowest BCUT2D eigenvalue weighted by Crippen LogP contribution is -2.38. The second-order valence-electron chi connectivity index (χ2n) is 4.23. The number of amides is 1. The van der Waals surface area contributed by atoms with E-state index < -0.39 is 0 Å². The molecule has 1 aliphatic heterocycles. The Bertz CT molecular complexity index is 367. The van der Waals surface area contributed by atoms with E-state index in [1.165, 1.54) is 4.88 Å². The quantitative estimate of drug-likeness (QED) is 0.868. The van der Waals surface area contributed by atoms with E-state index in [0.717, 1.165) is 6.42 Å². The maximum atomic E-state index is 11.9. The van der Waals surface area contributed by atoms with Gasteiger partial charge in [-0.3, -0.25) is 10.1 Å². The van der Waals surface area contributed by atoms with Crippen molar-refractivity contribution < 1.29 is 9.53 Å². The predicted octanol–water partition coefficient (Wildman–Crippen LogP) is 1.60. The molecule has 1 fully saturated rings. The van der Waals surface area contributed by atoms with E-state index in [2.05, 4.69) is 18.3 Å². The van der Waals surface area contributed by atoms with Crippen LogP contribution in [0.15, 0.2) is 17.5 Å². The van der Waals surface area contributed by atoms with E-state index in [1.807, 2.05) is 16.3 Å². The molecular formula is C12H18N2O2S. The molecule has 4 nitrogen and oxygen atoms in total. The second kappa shape index (κ2) is 5.62. The van der Waals surface area contributed by atoms with Crippen molar-refractivity contribution in [1.29, 1.82) is 0 Å². The third kappa shape index (κ3) is 2.68. The molecule has 2 atom stereocenters. The first-order chi connectivity index (χ1) is 8.24. The zero-order chi connectivity index (χ0) is 12.3. The van der Waals surface area contributed by atoms with Crippen molar-refractivity contribution >= 4 is 17.2 Å². The van der Waals surface area contributed by atoms with E-state index in [1.54, 1.807) is 18.4 Å². The number of hydrogen-bond acceptors (Lipinski definition) is 4. The minimum absolute atomic E-state index is 0.0364. The average molecular weight is 254 g/mol. The van der Waals surface area contributed by atoms with Crippen LogP contribution < -0.4 is 5.32 Å². The molecule has 17 heavy (non-hydrogen) atoms. The lowest BCUT2D eigenvalue weighted by Gasteiger charge is -2.29. The van der Waals surface area contributed by atoms with Gasteiger partial charge >= 0.3 is 0 Å². The molecule has 0 radical (unpaired) electrons. The Labute approximate surface area is 106 Å². The molecule has 2 heterocycles. The molecule has 1 aromatic heterocycles. The van der Waals surface area contributed by atoms with Crippen molar-refractivity contribution in [3.8, 4) is 0 Å². The fourth-order valence-corrected chi connectivity index (χ4v) is 2.93. The third-order valence-electron chi connectivity index (χ3n) is 3.04. The van der Waals surface area contributed by atoms with Crippen molar-refractivity contribution in [2.24, 2.45) is 0 Å². The maximum Gasteiger partial charge on any atom is 0.238 e. The summed E-state index contributed by atoms with van der Waals surface area (Å²) in [5.41, 5.74) is 0. The summed E-state index contributed by atoms with van der Waals surface area (Å²) in [6, 6.07) is 4.28. The highest BCUT2D eigenvalue weighted by atomic mass is 32.1. The van der Waals surface area contributed by atoms with E-state index in [0.29, 0.717) is 13.2 Å². The van der Waals surface area contributed by atoms with Gasteiger partial charge in [-0.2, -0.15) is 0 Å². The Morgan fingerprint density at radius 3 is 3.18 bits per heavy atom. The van der Waals surface area contributed by atoms with Crippen LogP contribution in [-0.2, 0) is 9.53 Å². The largest absolute Gasteiger partial charge is 0.385 e. The van der Waals surface area contributed by atoms with Gasteiger partial charge in [-0.25, -0.2) is 0 Å². The molecule has 2 rings (SSSR count). The SMILES string of the molecule is COCCC(C)N1C(=O)CNC1c1cccs1. The van der Waals surface area contributed by atoms with E-state index in [-0.39, 0.29) is 18.1 Å². The second-order valence-corrected chi connectivity index (χ2v) is 5.21. The maximum absolute atomic E-state index is 11.9. The molecule has 1 saturated heterocycles. The van der Waals surface area contributed by atoms with Crippen molar-refractivity contribution in [2.45, 2.75) is 25.6 Å². The molecule has 0 aliphatic carbocycles. The predicted molar refractivity (Wildman–Crippen MR) is 67.9 cm³/mol. The van der Waals surface area contributed by atoms with Crippen molar-refractivity contribution in [1.82, 2.24) is 10.2 Å². The average Bonchev–Trinajstić information content (AvgIpc) is 2.94. The van der Waals surface area contributed by atoms with Gasteiger partial charge in [0.15, 0.2) is 0 Å². The van der Waals surface area contributed by atoms with Gasteiger partial charge in [0, 0.05) is 24.6 Å². The summed E-state index contributed by atoms with van der Waals surface area (Å²) < 4.78 is 5.08. The molecule has 1 aromatic rings. The number of thiophene rings is 1. The van der Waals surface area contributed by atoms with Gasteiger partial charge in [0.1, 0.15) is 6.17 Å². The number of rotatable bonds is 5. The highest BCUT2D eigenvalue weighted by Gasteiger charge is 2.35. The normalized spacial score (nSPS) is 22.1. The molecule has 94 valence electrons.